The molecule has 34 heavy (non-hydrogen) atoms. The average Bonchev–Trinajstić information content (AvgIpc) is 2.78. The van der Waals surface area contributed by atoms with Crippen LogP contribution in [0.4, 0.5) is 18.9 Å². The summed E-state index contributed by atoms with van der Waals surface area (Å²) in [6.07, 6.45) is -1.99. The molecule has 0 atom stereocenters. The van der Waals surface area contributed by atoms with Gasteiger partial charge in [-0.05, 0) is 53.9 Å². The second kappa shape index (κ2) is 10.4. The molecule has 1 amide bonds. The van der Waals surface area contributed by atoms with E-state index in [2.05, 4.69) is 10.3 Å². The van der Waals surface area contributed by atoms with E-state index in [0.717, 1.165) is 24.1 Å². The summed E-state index contributed by atoms with van der Waals surface area (Å²) in [6.45, 7) is 0.147. The number of nitrogens with one attached hydrogen (secondary N) is 1. The molecule has 0 aliphatic heterocycles. The first-order chi connectivity index (χ1) is 15.9. The van der Waals surface area contributed by atoms with Gasteiger partial charge in [-0.2, -0.15) is 13.2 Å². The number of hydrogen-bond donors (Lipinski definition) is 1. The summed E-state index contributed by atoms with van der Waals surface area (Å²) in [5.74, 6) is -0.464. The van der Waals surface area contributed by atoms with Crippen LogP contribution in [-0.2, 0) is 29.2 Å². The zero-order valence-electron chi connectivity index (χ0n) is 18.0. The van der Waals surface area contributed by atoms with Crippen molar-refractivity contribution in [2.45, 2.75) is 19.1 Å². The molecule has 1 heterocycles. The Morgan fingerprint density at radius 3 is 2.29 bits per heavy atom. The lowest BCUT2D eigenvalue weighted by Gasteiger charge is -2.23. The van der Waals surface area contributed by atoms with Gasteiger partial charge in [0.25, 0.3) is 5.91 Å². The smallest absolute Gasteiger partial charge is 0.348 e. The van der Waals surface area contributed by atoms with Crippen LogP contribution >= 0.6 is 11.6 Å². The van der Waals surface area contributed by atoms with Crippen LogP contribution in [0.25, 0.3) is 0 Å². The number of halogens is 4. The molecule has 180 valence electrons. The number of amides is 1. The lowest BCUT2D eigenvalue weighted by Crippen LogP contribution is -2.32. The van der Waals surface area contributed by atoms with Crippen molar-refractivity contribution in [1.82, 2.24) is 10.3 Å². The molecule has 3 aromatic rings. The third kappa shape index (κ3) is 6.71. The topological polar surface area (TPSA) is 79.4 Å². The molecule has 3 rings (SSSR count). The van der Waals surface area contributed by atoms with Gasteiger partial charge in [-0.1, -0.05) is 35.9 Å². The lowest BCUT2D eigenvalue weighted by atomic mass is 10.1. The van der Waals surface area contributed by atoms with Gasteiger partial charge in [0.1, 0.15) is 5.69 Å². The minimum Gasteiger partial charge on any atom is -0.348 e. The quantitative estimate of drug-likeness (QED) is 0.476. The van der Waals surface area contributed by atoms with Crippen LogP contribution in [0.1, 0.15) is 27.2 Å². The molecule has 0 radical (unpaired) electrons. The van der Waals surface area contributed by atoms with Gasteiger partial charge < -0.3 is 5.32 Å². The SMILES string of the molecule is CS(=O)(=O)N(CCc1ccccc1Cl)c1ccc(C(=O)NCc2ccc(C(F)(F)F)nc2)cc1. The van der Waals surface area contributed by atoms with Gasteiger partial charge in [-0.3, -0.25) is 14.1 Å². The predicted octanol–water partition coefficient (Wildman–Crippen LogP) is 4.69. The molecule has 1 aromatic heterocycles. The number of alkyl halides is 3. The zero-order chi connectivity index (χ0) is 24.9. The van der Waals surface area contributed by atoms with Crippen molar-refractivity contribution in [3.05, 3.63) is 94.3 Å². The number of nitrogens with zero attached hydrogens (tertiary/aromatic N) is 2. The van der Waals surface area contributed by atoms with Gasteiger partial charge in [-0.25, -0.2) is 8.42 Å². The average molecular weight is 512 g/mol. The Hall–Kier alpha value is -3.11. The number of hydrogen-bond acceptors (Lipinski definition) is 4. The molecule has 11 heteroatoms. The normalized spacial score (nSPS) is 11.8. The number of rotatable bonds is 8. The summed E-state index contributed by atoms with van der Waals surface area (Å²) in [5.41, 5.74) is 0.858. The molecule has 1 N–H and O–H groups in total. The number of pyridine rings is 1. The molecule has 0 aliphatic rings. The van der Waals surface area contributed by atoms with Crippen LogP contribution in [0.2, 0.25) is 5.02 Å². The molecule has 0 unspecified atom stereocenters. The van der Waals surface area contributed by atoms with E-state index in [9.17, 15) is 26.4 Å². The van der Waals surface area contributed by atoms with E-state index >= 15 is 0 Å². The van der Waals surface area contributed by atoms with Crippen LogP contribution in [0.15, 0.2) is 66.9 Å². The molecule has 0 bridgehead atoms. The Morgan fingerprint density at radius 2 is 1.74 bits per heavy atom. The van der Waals surface area contributed by atoms with Crippen molar-refractivity contribution in [3.63, 3.8) is 0 Å². The zero-order valence-corrected chi connectivity index (χ0v) is 19.6. The standard InChI is InChI=1S/C23H21ClF3N3O3S/c1-34(32,33)30(13-12-17-4-2-3-5-20(17)24)19-9-7-18(8-10-19)22(31)29-15-16-6-11-21(28-14-16)23(25,26)27/h2-11,14H,12-13,15H2,1H3,(H,29,31). The number of carbonyl (C=O) groups is 1. The summed E-state index contributed by atoms with van der Waals surface area (Å²) < 4.78 is 63.7. The molecule has 0 saturated heterocycles. The van der Waals surface area contributed by atoms with Crippen LogP contribution in [0.3, 0.4) is 0 Å². The lowest BCUT2D eigenvalue weighted by molar-refractivity contribution is -0.141. The fourth-order valence-corrected chi connectivity index (χ4v) is 4.33. The van der Waals surface area contributed by atoms with E-state index in [1.54, 1.807) is 12.1 Å². The van der Waals surface area contributed by atoms with Gasteiger partial charge in [0.15, 0.2) is 0 Å². The molecule has 0 fully saturated rings. The summed E-state index contributed by atoms with van der Waals surface area (Å²) in [6, 6.07) is 15.2. The number of sulfonamides is 1. The number of anilines is 1. The highest BCUT2D eigenvalue weighted by atomic mass is 35.5. The number of aromatic nitrogens is 1. The molecular formula is C23H21ClF3N3O3S. The van der Waals surface area contributed by atoms with Gasteiger partial charge in [0.2, 0.25) is 10.0 Å². The highest BCUT2D eigenvalue weighted by Crippen LogP contribution is 2.27. The molecular weight excluding hydrogens is 491 g/mol. The van der Waals surface area contributed by atoms with E-state index in [-0.39, 0.29) is 18.7 Å². The van der Waals surface area contributed by atoms with Gasteiger partial charge >= 0.3 is 6.18 Å². The summed E-state index contributed by atoms with van der Waals surface area (Å²) >= 11 is 6.16. The van der Waals surface area contributed by atoms with Gasteiger partial charge in [0.05, 0.1) is 11.9 Å². The monoisotopic (exact) mass is 511 g/mol. The van der Waals surface area contributed by atoms with E-state index < -0.39 is 27.8 Å². The van der Waals surface area contributed by atoms with Crippen LogP contribution < -0.4 is 9.62 Å². The van der Waals surface area contributed by atoms with E-state index in [4.69, 9.17) is 11.6 Å². The predicted molar refractivity (Wildman–Crippen MR) is 124 cm³/mol. The maximum absolute atomic E-state index is 12.6. The molecule has 0 saturated carbocycles. The molecule has 0 aliphatic carbocycles. The first-order valence-corrected chi connectivity index (χ1v) is 12.3. The van der Waals surface area contributed by atoms with Crippen molar-refractivity contribution in [2.24, 2.45) is 0 Å². The molecule has 2 aromatic carbocycles. The minimum atomic E-state index is -4.53. The Kier molecular flexibility index (Phi) is 7.83. The first-order valence-electron chi connectivity index (χ1n) is 10.1. The maximum Gasteiger partial charge on any atom is 0.433 e. The molecule has 0 spiro atoms. The Balaban J connectivity index is 1.65. The third-order valence-corrected chi connectivity index (χ3v) is 6.49. The van der Waals surface area contributed by atoms with E-state index in [1.165, 1.54) is 34.6 Å². The fraction of sp³-hybridized carbons (Fsp3) is 0.217. The minimum absolute atomic E-state index is 0.0149. The van der Waals surface area contributed by atoms with E-state index in [0.29, 0.717) is 22.7 Å². The largest absolute Gasteiger partial charge is 0.433 e. The van der Waals surface area contributed by atoms with Crippen LogP contribution in [0.5, 0.6) is 0 Å². The Bertz CT molecular complexity index is 1250. The van der Waals surface area contributed by atoms with Crippen molar-refractivity contribution in [2.75, 3.05) is 17.1 Å². The second-order valence-corrected chi connectivity index (χ2v) is 9.77. The summed E-state index contributed by atoms with van der Waals surface area (Å²) in [4.78, 5) is 15.8. The first kappa shape index (κ1) is 25.5. The third-order valence-electron chi connectivity index (χ3n) is 4.93. The van der Waals surface area contributed by atoms with Crippen molar-refractivity contribution < 1.29 is 26.4 Å². The highest BCUT2D eigenvalue weighted by molar-refractivity contribution is 7.92. The van der Waals surface area contributed by atoms with Crippen molar-refractivity contribution in [3.8, 4) is 0 Å². The van der Waals surface area contributed by atoms with Crippen LogP contribution in [0, 0.1) is 0 Å². The summed E-state index contributed by atoms with van der Waals surface area (Å²) in [7, 11) is -3.59. The Morgan fingerprint density at radius 1 is 1.06 bits per heavy atom. The molecule has 6 nitrogen and oxygen atoms in total. The maximum atomic E-state index is 12.6. The highest BCUT2D eigenvalue weighted by Gasteiger charge is 2.32. The van der Waals surface area contributed by atoms with Crippen LogP contribution in [-0.4, -0.2) is 32.1 Å². The van der Waals surface area contributed by atoms with E-state index in [1.807, 2.05) is 12.1 Å². The Labute approximate surface area is 200 Å². The summed E-state index contributed by atoms with van der Waals surface area (Å²) in [5, 5.41) is 3.15. The number of carbonyl (C=O) groups excluding carboxylic acids is 1. The van der Waals surface area contributed by atoms with Crippen molar-refractivity contribution >= 4 is 33.2 Å². The second-order valence-electron chi connectivity index (χ2n) is 7.46. The fourth-order valence-electron chi connectivity index (χ4n) is 3.17. The van der Waals surface area contributed by atoms with Crippen molar-refractivity contribution in [1.29, 1.82) is 0 Å². The van der Waals surface area contributed by atoms with Gasteiger partial charge in [-0.15, -0.1) is 0 Å². The number of benzene rings is 2. The van der Waals surface area contributed by atoms with Gasteiger partial charge in [0, 0.05) is 29.9 Å².